The summed E-state index contributed by atoms with van der Waals surface area (Å²) in [5, 5.41) is 4.23. The maximum atomic E-state index is 11.2. The lowest BCUT2D eigenvalue weighted by Gasteiger charge is -2.23. The molecule has 0 aliphatic rings. The van der Waals surface area contributed by atoms with E-state index in [0.717, 1.165) is 21.8 Å². The summed E-state index contributed by atoms with van der Waals surface area (Å²) in [7, 11) is 0. The quantitative estimate of drug-likeness (QED) is 0.800. The number of halogens is 2. The van der Waals surface area contributed by atoms with Gasteiger partial charge in [-0.1, -0.05) is 48.3 Å². The Morgan fingerprint density at radius 3 is 2.41 bits per heavy atom. The largest absolute Gasteiger partial charge is 0.326 e. The Hall–Kier alpha value is -0.540. The van der Waals surface area contributed by atoms with Crippen LogP contribution in [0, 0.1) is 0 Å². The SMILES string of the molecule is CC(=O)Nc1cc(C(C)(C)C)c(Cl)cc1CBr. The Morgan fingerprint density at radius 2 is 2.00 bits per heavy atom. The lowest BCUT2D eigenvalue weighted by Crippen LogP contribution is -2.14. The minimum atomic E-state index is -0.0746. The van der Waals surface area contributed by atoms with Gasteiger partial charge in [-0.25, -0.2) is 0 Å². The van der Waals surface area contributed by atoms with Crippen molar-refractivity contribution in [2.75, 3.05) is 5.32 Å². The van der Waals surface area contributed by atoms with Crippen LogP contribution in [0.15, 0.2) is 12.1 Å². The Kier molecular flexibility index (Phi) is 4.62. The van der Waals surface area contributed by atoms with Crippen LogP contribution in [-0.4, -0.2) is 5.91 Å². The summed E-state index contributed by atoms with van der Waals surface area (Å²) in [5.74, 6) is -0.0746. The number of alkyl halides is 1. The van der Waals surface area contributed by atoms with Crippen molar-refractivity contribution in [3.63, 3.8) is 0 Å². The lowest BCUT2D eigenvalue weighted by atomic mass is 9.86. The van der Waals surface area contributed by atoms with Gasteiger partial charge in [0, 0.05) is 23.0 Å². The monoisotopic (exact) mass is 317 g/mol. The van der Waals surface area contributed by atoms with Gasteiger partial charge in [0.25, 0.3) is 0 Å². The first-order chi connectivity index (χ1) is 7.75. The van der Waals surface area contributed by atoms with Crippen molar-refractivity contribution in [3.05, 3.63) is 28.3 Å². The molecule has 1 aromatic rings. The van der Waals surface area contributed by atoms with E-state index in [2.05, 4.69) is 42.0 Å². The van der Waals surface area contributed by atoms with Gasteiger partial charge in [0.1, 0.15) is 0 Å². The van der Waals surface area contributed by atoms with E-state index in [1.54, 1.807) is 0 Å². The van der Waals surface area contributed by atoms with Gasteiger partial charge < -0.3 is 5.32 Å². The maximum absolute atomic E-state index is 11.2. The Balaban J connectivity index is 3.32. The highest BCUT2D eigenvalue weighted by atomic mass is 79.9. The second-order valence-electron chi connectivity index (χ2n) is 5.05. The van der Waals surface area contributed by atoms with Crippen LogP contribution in [0.3, 0.4) is 0 Å². The molecule has 0 atom stereocenters. The zero-order valence-corrected chi connectivity index (χ0v) is 12.9. The van der Waals surface area contributed by atoms with E-state index < -0.39 is 0 Å². The van der Waals surface area contributed by atoms with E-state index in [1.807, 2.05) is 12.1 Å². The predicted molar refractivity (Wildman–Crippen MR) is 77.1 cm³/mol. The third-order valence-corrected chi connectivity index (χ3v) is 3.37. The fourth-order valence-electron chi connectivity index (χ4n) is 1.61. The van der Waals surface area contributed by atoms with Crippen molar-refractivity contribution >= 4 is 39.1 Å². The topological polar surface area (TPSA) is 29.1 Å². The molecular formula is C13H17BrClNO. The molecular weight excluding hydrogens is 302 g/mol. The normalized spacial score (nSPS) is 11.4. The van der Waals surface area contributed by atoms with Crippen molar-refractivity contribution in [1.29, 1.82) is 0 Å². The molecule has 1 aromatic carbocycles. The first-order valence-corrected chi connectivity index (χ1v) is 6.92. The first-order valence-electron chi connectivity index (χ1n) is 5.42. The Morgan fingerprint density at radius 1 is 1.41 bits per heavy atom. The summed E-state index contributed by atoms with van der Waals surface area (Å²) in [6.45, 7) is 7.79. The zero-order valence-electron chi connectivity index (χ0n) is 10.5. The van der Waals surface area contributed by atoms with Crippen molar-refractivity contribution in [3.8, 4) is 0 Å². The maximum Gasteiger partial charge on any atom is 0.221 e. The predicted octanol–water partition coefficient (Wildman–Crippen LogP) is 4.49. The lowest BCUT2D eigenvalue weighted by molar-refractivity contribution is -0.114. The molecule has 0 heterocycles. The zero-order chi connectivity index (χ0) is 13.2. The smallest absolute Gasteiger partial charge is 0.221 e. The molecule has 0 saturated heterocycles. The van der Waals surface area contributed by atoms with Crippen LogP contribution in [0.4, 0.5) is 5.69 Å². The number of benzene rings is 1. The summed E-state index contributed by atoms with van der Waals surface area (Å²) in [6, 6.07) is 3.86. The number of anilines is 1. The van der Waals surface area contributed by atoms with Crippen LogP contribution < -0.4 is 5.32 Å². The van der Waals surface area contributed by atoms with Crippen molar-refractivity contribution in [1.82, 2.24) is 0 Å². The Bertz CT molecular complexity index is 438. The highest BCUT2D eigenvalue weighted by Gasteiger charge is 2.19. The molecule has 1 rings (SSSR count). The number of amides is 1. The molecule has 0 radical (unpaired) electrons. The molecule has 94 valence electrons. The first kappa shape index (κ1) is 14.5. The molecule has 2 nitrogen and oxygen atoms in total. The average molecular weight is 319 g/mol. The molecule has 1 N–H and O–H groups in total. The van der Waals surface area contributed by atoms with Crippen LogP contribution in [0.25, 0.3) is 0 Å². The molecule has 0 bridgehead atoms. The van der Waals surface area contributed by atoms with Gasteiger partial charge in [-0.2, -0.15) is 0 Å². The van der Waals surface area contributed by atoms with E-state index in [-0.39, 0.29) is 11.3 Å². The minimum Gasteiger partial charge on any atom is -0.326 e. The van der Waals surface area contributed by atoms with Gasteiger partial charge in [-0.15, -0.1) is 0 Å². The van der Waals surface area contributed by atoms with Gasteiger partial charge in [-0.3, -0.25) is 4.79 Å². The van der Waals surface area contributed by atoms with Crippen molar-refractivity contribution < 1.29 is 4.79 Å². The van der Waals surface area contributed by atoms with Gasteiger partial charge in [0.15, 0.2) is 0 Å². The van der Waals surface area contributed by atoms with Crippen LogP contribution in [0.2, 0.25) is 5.02 Å². The highest BCUT2D eigenvalue weighted by Crippen LogP contribution is 2.34. The van der Waals surface area contributed by atoms with Gasteiger partial charge in [0.05, 0.1) is 0 Å². The van der Waals surface area contributed by atoms with Crippen LogP contribution in [-0.2, 0) is 15.5 Å². The van der Waals surface area contributed by atoms with E-state index in [0.29, 0.717) is 5.33 Å². The molecule has 0 unspecified atom stereocenters. The summed E-state index contributed by atoms with van der Waals surface area (Å²) >= 11 is 9.67. The molecule has 0 aliphatic carbocycles. The third kappa shape index (κ3) is 3.71. The number of hydrogen-bond acceptors (Lipinski definition) is 1. The Labute approximate surface area is 116 Å². The second kappa shape index (κ2) is 5.40. The summed E-state index contributed by atoms with van der Waals surface area (Å²) < 4.78 is 0. The molecule has 17 heavy (non-hydrogen) atoms. The summed E-state index contributed by atoms with van der Waals surface area (Å²) in [6.07, 6.45) is 0. The van der Waals surface area contributed by atoms with E-state index in [9.17, 15) is 4.79 Å². The van der Waals surface area contributed by atoms with Crippen molar-refractivity contribution in [2.24, 2.45) is 0 Å². The molecule has 0 saturated carbocycles. The van der Waals surface area contributed by atoms with Crippen LogP contribution in [0.1, 0.15) is 38.8 Å². The molecule has 0 fully saturated rings. The fraction of sp³-hybridized carbons (Fsp3) is 0.462. The summed E-state index contributed by atoms with van der Waals surface area (Å²) in [4.78, 5) is 11.2. The standard InChI is InChI=1S/C13H17BrClNO/c1-8(17)16-12-6-10(13(2,3)4)11(15)5-9(12)7-14/h5-6H,7H2,1-4H3,(H,16,17). The highest BCUT2D eigenvalue weighted by molar-refractivity contribution is 9.08. The molecule has 0 aromatic heterocycles. The third-order valence-electron chi connectivity index (χ3n) is 2.46. The molecule has 4 heteroatoms. The number of hydrogen-bond donors (Lipinski definition) is 1. The molecule has 0 aliphatic heterocycles. The number of carbonyl (C=O) groups excluding carboxylic acids is 1. The van der Waals surface area contributed by atoms with Crippen molar-refractivity contribution in [2.45, 2.75) is 38.4 Å². The number of carbonyl (C=O) groups is 1. The molecule has 1 amide bonds. The van der Waals surface area contributed by atoms with E-state index >= 15 is 0 Å². The summed E-state index contributed by atoms with van der Waals surface area (Å²) in [5.41, 5.74) is 2.80. The average Bonchev–Trinajstić information content (AvgIpc) is 2.17. The van der Waals surface area contributed by atoms with Gasteiger partial charge in [0.2, 0.25) is 5.91 Å². The fourth-order valence-corrected chi connectivity index (χ4v) is 2.54. The molecule has 0 spiro atoms. The van der Waals surface area contributed by atoms with Crippen LogP contribution >= 0.6 is 27.5 Å². The van der Waals surface area contributed by atoms with E-state index in [4.69, 9.17) is 11.6 Å². The number of rotatable bonds is 2. The minimum absolute atomic E-state index is 0.0465. The number of nitrogens with one attached hydrogen (secondary N) is 1. The van der Waals surface area contributed by atoms with Crippen LogP contribution in [0.5, 0.6) is 0 Å². The second-order valence-corrected chi connectivity index (χ2v) is 6.02. The van der Waals surface area contributed by atoms with Gasteiger partial charge in [-0.05, 0) is 28.7 Å². The van der Waals surface area contributed by atoms with Gasteiger partial charge >= 0.3 is 0 Å². The van der Waals surface area contributed by atoms with E-state index in [1.165, 1.54) is 6.92 Å².